The van der Waals surface area contributed by atoms with Gasteiger partial charge in [-0.25, -0.2) is 12.9 Å². The van der Waals surface area contributed by atoms with E-state index in [1.807, 2.05) is 0 Å². The van der Waals surface area contributed by atoms with Gasteiger partial charge >= 0.3 is 6.18 Å². The molecule has 0 spiro atoms. The first-order valence-corrected chi connectivity index (χ1v) is 7.56. The van der Waals surface area contributed by atoms with Gasteiger partial charge in [-0.05, 0) is 12.1 Å². The third kappa shape index (κ3) is 2.65. The molecule has 21 heavy (non-hydrogen) atoms. The van der Waals surface area contributed by atoms with E-state index in [9.17, 15) is 26.4 Å². The van der Waals surface area contributed by atoms with Crippen molar-refractivity contribution in [2.75, 3.05) is 5.75 Å². The van der Waals surface area contributed by atoms with Crippen molar-refractivity contribution >= 4 is 21.1 Å². The third-order valence-corrected chi connectivity index (χ3v) is 4.73. The number of hydrogen-bond donors (Lipinski definition) is 0. The van der Waals surface area contributed by atoms with Gasteiger partial charge in [0, 0.05) is 13.1 Å². The number of aromatic nitrogens is 2. The van der Waals surface area contributed by atoms with Crippen LogP contribution in [0.2, 0.25) is 0 Å². The smallest absolute Gasteiger partial charge is 0.293 e. The molecule has 0 radical (unpaired) electrons. The number of nitrogens with zero attached hydrogens (tertiary/aromatic N) is 2. The van der Waals surface area contributed by atoms with Gasteiger partial charge in [0.15, 0.2) is 15.6 Å². The molecule has 0 saturated heterocycles. The summed E-state index contributed by atoms with van der Waals surface area (Å²) in [7, 11) is -3.89. The Morgan fingerprint density at radius 3 is 2.48 bits per heavy atom. The monoisotopic (exact) mass is 320 g/mol. The molecular formula is C12H11F3N2O3S. The molecule has 0 saturated carbocycles. The van der Waals surface area contributed by atoms with E-state index in [4.69, 9.17) is 0 Å². The van der Waals surface area contributed by atoms with Crippen LogP contribution in [0.5, 0.6) is 0 Å². The topological polar surface area (TPSA) is 68.5 Å². The average molecular weight is 320 g/mol. The molecule has 0 atom stereocenters. The summed E-state index contributed by atoms with van der Waals surface area (Å²) in [5.74, 6) is -0.968. The van der Waals surface area contributed by atoms with Crippen LogP contribution in [0.1, 0.15) is 29.9 Å². The van der Waals surface area contributed by atoms with E-state index in [1.165, 1.54) is 6.92 Å². The molecule has 2 heterocycles. The van der Waals surface area contributed by atoms with Crippen LogP contribution in [0, 0.1) is 0 Å². The molecule has 5 nitrogen and oxygen atoms in total. The van der Waals surface area contributed by atoms with Crippen molar-refractivity contribution in [3.63, 3.8) is 0 Å². The van der Waals surface area contributed by atoms with Crippen molar-refractivity contribution in [1.82, 2.24) is 9.61 Å². The molecule has 0 aliphatic carbocycles. The summed E-state index contributed by atoms with van der Waals surface area (Å²) >= 11 is 0. The highest BCUT2D eigenvalue weighted by molar-refractivity contribution is 7.91. The highest BCUT2D eigenvalue weighted by atomic mass is 32.2. The molecule has 2 aromatic heterocycles. The summed E-state index contributed by atoms with van der Waals surface area (Å²) in [4.78, 5) is 11.1. The summed E-state index contributed by atoms with van der Waals surface area (Å²) in [5.41, 5.74) is -1.61. The molecule has 9 heteroatoms. The number of halogens is 3. The number of carbonyl (C=O) groups excluding carboxylic acids is 1. The third-order valence-electron chi connectivity index (χ3n) is 2.94. The number of fused-ring (bicyclic) bond motifs is 1. The molecule has 0 aromatic carbocycles. The number of ketones is 1. The first-order chi connectivity index (χ1) is 9.58. The fraction of sp³-hybridized carbons (Fsp3) is 0.333. The summed E-state index contributed by atoms with van der Waals surface area (Å²) in [6.07, 6.45) is -3.63. The second-order valence-electron chi connectivity index (χ2n) is 4.38. The zero-order valence-corrected chi connectivity index (χ0v) is 11.9. The molecule has 114 valence electrons. The standard InChI is InChI=1S/C12H11F3N2O3S/c1-3-21(19,20)11-9-6-8(12(13,14)15)4-5-17(9)16-10(11)7(2)18/h4-6H,3H2,1-2H3. The quantitative estimate of drug-likeness (QED) is 0.814. The van der Waals surface area contributed by atoms with Crippen molar-refractivity contribution in [2.24, 2.45) is 0 Å². The fourth-order valence-corrected chi connectivity index (χ4v) is 3.12. The van der Waals surface area contributed by atoms with Gasteiger partial charge in [-0.15, -0.1) is 0 Å². The molecule has 0 unspecified atom stereocenters. The number of carbonyl (C=O) groups is 1. The Balaban J connectivity index is 2.90. The van der Waals surface area contributed by atoms with Crippen molar-refractivity contribution in [3.05, 3.63) is 29.6 Å². The van der Waals surface area contributed by atoms with E-state index in [2.05, 4.69) is 5.10 Å². The molecule has 2 rings (SSSR count). The van der Waals surface area contributed by atoms with Gasteiger partial charge in [0.25, 0.3) is 0 Å². The Bertz CT molecular complexity index is 822. The number of hydrogen-bond acceptors (Lipinski definition) is 4. The van der Waals surface area contributed by atoms with Crippen LogP contribution >= 0.6 is 0 Å². The Labute approximate surface area is 118 Å². The first-order valence-electron chi connectivity index (χ1n) is 5.91. The van der Waals surface area contributed by atoms with Gasteiger partial charge in [0.05, 0.1) is 16.8 Å². The highest BCUT2D eigenvalue weighted by Gasteiger charge is 2.33. The fourth-order valence-electron chi connectivity index (χ4n) is 1.88. The Morgan fingerprint density at radius 2 is 2.00 bits per heavy atom. The van der Waals surface area contributed by atoms with Crippen molar-refractivity contribution in [1.29, 1.82) is 0 Å². The van der Waals surface area contributed by atoms with E-state index < -0.39 is 32.3 Å². The summed E-state index contributed by atoms with van der Waals surface area (Å²) in [6, 6.07) is 1.45. The van der Waals surface area contributed by atoms with Crippen LogP contribution in [0.3, 0.4) is 0 Å². The van der Waals surface area contributed by atoms with Crippen LogP contribution < -0.4 is 0 Å². The van der Waals surface area contributed by atoms with Gasteiger partial charge in [-0.3, -0.25) is 4.79 Å². The lowest BCUT2D eigenvalue weighted by Gasteiger charge is -2.07. The Morgan fingerprint density at radius 1 is 1.38 bits per heavy atom. The predicted octanol–water partition coefficient (Wildman–Crippen LogP) is 2.35. The Hall–Kier alpha value is -1.90. The largest absolute Gasteiger partial charge is 0.416 e. The SMILES string of the molecule is CCS(=O)(=O)c1c(C(C)=O)nn2ccc(C(F)(F)F)cc12. The Kier molecular flexibility index (Phi) is 3.56. The minimum absolute atomic E-state index is 0.253. The van der Waals surface area contributed by atoms with E-state index in [0.717, 1.165) is 23.7 Å². The molecule has 0 aliphatic rings. The molecule has 0 aliphatic heterocycles. The number of pyridine rings is 1. The molecule has 0 fully saturated rings. The maximum atomic E-state index is 12.7. The lowest BCUT2D eigenvalue weighted by Crippen LogP contribution is -2.09. The van der Waals surface area contributed by atoms with Gasteiger partial charge < -0.3 is 0 Å². The van der Waals surface area contributed by atoms with Crippen LogP contribution in [0.25, 0.3) is 5.52 Å². The minimum Gasteiger partial charge on any atom is -0.293 e. The lowest BCUT2D eigenvalue weighted by molar-refractivity contribution is -0.137. The summed E-state index contributed by atoms with van der Waals surface area (Å²) in [6.45, 7) is 2.46. The van der Waals surface area contributed by atoms with Crippen LogP contribution in [0.4, 0.5) is 13.2 Å². The number of rotatable bonds is 3. The second-order valence-corrected chi connectivity index (χ2v) is 6.60. The molecule has 2 aromatic rings. The van der Waals surface area contributed by atoms with Crippen molar-refractivity contribution in [2.45, 2.75) is 24.9 Å². The first kappa shape index (κ1) is 15.5. The number of sulfone groups is 1. The van der Waals surface area contributed by atoms with E-state index >= 15 is 0 Å². The van der Waals surface area contributed by atoms with Crippen LogP contribution in [-0.2, 0) is 16.0 Å². The molecule has 0 amide bonds. The predicted molar refractivity (Wildman–Crippen MR) is 67.9 cm³/mol. The van der Waals surface area contributed by atoms with E-state index in [1.54, 1.807) is 0 Å². The highest BCUT2D eigenvalue weighted by Crippen LogP contribution is 2.32. The zero-order chi connectivity index (χ0) is 16.0. The number of Topliss-reactive ketones (excluding diaryl/α,β-unsaturated/α-hetero) is 1. The lowest BCUT2D eigenvalue weighted by atomic mass is 10.2. The van der Waals surface area contributed by atoms with Crippen molar-refractivity contribution in [3.8, 4) is 0 Å². The van der Waals surface area contributed by atoms with E-state index in [-0.39, 0.29) is 17.0 Å². The molecular weight excluding hydrogens is 309 g/mol. The maximum absolute atomic E-state index is 12.7. The van der Waals surface area contributed by atoms with E-state index in [0.29, 0.717) is 6.07 Å². The normalized spacial score (nSPS) is 12.8. The average Bonchev–Trinajstić information content (AvgIpc) is 2.76. The molecule has 0 N–H and O–H groups in total. The minimum atomic E-state index is -4.62. The van der Waals surface area contributed by atoms with Crippen LogP contribution in [0.15, 0.2) is 23.2 Å². The maximum Gasteiger partial charge on any atom is 0.416 e. The molecule has 0 bridgehead atoms. The zero-order valence-electron chi connectivity index (χ0n) is 11.1. The van der Waals surface area contributed by atoms with Gasteiger partial charge in [-0.1, -0.05) is 6.92 Å². The van der Waals surface area contributed by atoms with Gasteiger partial charge in [0.2, 0.25) is 0 Å². The second kappa shape index (κ2) is 4.83. The summed E-state index contributed by atoms with van der Waals surface area (Å²) in [5, 5.41) is 3.77. The summed E-state index contributed by atoms with van der Waals surface area (Å²) < 4.78 is 63.4. The van der Waals surface area contributed by atoms with Gasteiger partial charge in [-0.2, -0.15) is 18.3 Å². The van der Waals surface area contributed by atoms with Crippen LogP contribution in [-0.4, -0.2) is 29.6 Å². The number of alkyl halides is 3. The van der Waals surface area contributed by atoms with Gasteiger partial charge in [0.1, 0.15) is 10.6 Å². The van der Waals surface area contributed by atoms with Crippen molar-refractivity contribution < 1.29 is 26.4 Å².